The Morgan fingerprint density at radius 2 is 2.04 bits per heavy atom. The van der Waals surface area contributed by atoms with Crippen LogP contribution < -0.4 is 10.6 Å². The van der Waals surface area contributed by atoms with Gasteiger partial charge in [0.1, 0.15) is 0 Å². The van der Waals surface area contributed by atoms with Gasteiger partial charge in [-0.3, -0.25) is 14.5 Å². The molecule has 0 spiro atoms. The van der Waals surface area contributed by atoms with Gasteiger partial charge in [0, 0.05) is 32.6 Å². The Bertz CT molecular complexity index is 519. The molecule has 1 fully saturated rings. The highest BCUT2D eigenvalue weighted by molar-refractivity contribution is 5.79. The van der Waals surface area contributed by atoms with Crippen molar-refractivity contribution in [2.45, 2.75) is 12.5 Å². The molecule has 6 heteroatoms. The minimum absolute atomic E-state index is 0.00197. The van der Waals surface area contributed by atoms with Crippen molar-refractivity contribution in [1.82, 2.24) is 20.4 Å². The molecule has 0 bridgehead atoms. The fourth-order valence-electron chi connectivity index (χ4n) is 2.71. The van der Waals surface area contributed by atoms with Crippen LogP contribution in [0.4, 0.5) is 0 Å². The number of carbonyl (C=O) groups excluding carboxylic acids is 2. The Hall–Kier alpha value is -1.92. The summed E-state index contributed by atoms with van der Waals surface area (Å²) in [5.41, 5.74) is 1.18. The molecule has 2 rings (SSSR count). The van der Waals surface area contributed by atoms with Gasteiger partial charge in [-0.15, -0.1) is 0 Å². The molecule has 0 aliphatic carbocycles. The first-order chi connectivity index (χ1) is 11.1. The lowest BCUT2D eigenvalue weighted by atomic mass is 10.1. The maximum absolute atomic E-state index is 12.2. The number of benzene rings is 1. The predicted molar refractivity (Wildman–Crippen MR) is 89.9 cm³/mol. The van der Waals surface area contributed by atoms with E-state index < -0.39 is 0 Å². The standard InChI is InChI=1S/C17H26N4O2/c1-20(2)15(14-6-4-3-5-7-14)12-19-17(23)13-21-10-8-16(22)18-9-11-21/h3-7,15H,8-13H2,1-2H3,(H,18,22)(H,19,23)/t15-/m1/s1. The minimum Gasteiger partial charge on any atom is -0.355 e. The summed E-state index contributed by atoms with van der Waals surface area (Å²) in [4.78, 5) is 27.6. The van der Waals surface area contributed by atoms with Crippen molar-refractivity contribution in [3.8, 4) is 0 Å². The molecule has 2 amide bonds. The third kappa shape index (κ3) is 5.65. The molecule has 1 aliphatic heterocycles. The van der Waals surface area contributed by atoms with Crippen LogP contribution in [0.5, 0.6) is 0 Å². The number of rotatable bonds is 6. The van der Waals surface area contributed by atoms with E-state index in [-0.39, 0.29) is 17.9 Å². The highest BCUT2D eigenvalue weighted by atomic mass is 16.2. The zero-order valence-corrected chi connectivity index (χ0v) is 13.9. The average molecular weight is 318 g/mol. The number of likely N-dealkylation sites (N-methyl/N-ethyl adjacent to an activating group) is 1. The van der Waals surface area contributed by atoms with Crippen molar-refractivity contribution in [3.05, 3.63) is 35.9 Å². The van der Waals surface area contributed by atoms with E-state index >= 15 is 0 Å². The first kappa shape index (κ1) is 17.4. The quantitative estimate of drug-likeness (QED) is 0.788. The summed E-state index contributed by atoms with van der Waals surface area (Å²) in [6.45, 7) is 2.87. The van der Waals surface area contributed by atoms with Crippen LogP contribution in [-0.2, 0) is 9.59 Å². The summed E-state index contributed by atoms with van der Waals surface area (Å²) in [7, 11) is 4.02. The van der Waals surface area contributed by atoms with E-state index in [4.69, 9.17) is 0 Å². The van der Waals surface area contributed by atoms with Gasteiger partial charge in [-0.05, 0) is 19.7 Å². The largest absolute Gasteiger partial charge is 0.355 e. The zero-order valence-electron chi connectivity index (χ0n) is 13.9. The number of amides is 2. The van der Waals surface area contributed by atoms with Gasteiger partial charge in [-0.25, -0.2) is 0 Å². The molecular weight excluding hydrogens is 292 g/mol. The Morgan fingerprint density at radius 1 is 1.30 bits per heavy atom. The Balaban J connectivity index is 1.83. The lowest BCUT2D eigenvalue weighted by Gasteiger charge is -2.26. The third-order valence-electron chi connectivity index (χ3n) is 4.07. The van der Waals surface area contributed by atoms with Gasteiger partial charge in [0.25, 0.3) is 0 Å². The van der Waals surface area contributed by atoms with Crippen molar-refractivity contribution in [3.63, 3.8) is 0 Å². The number of hydrogen-bond acceptors (Lipinski definition) is 4. The molecule has 0 aromatic heterocycles. The molecule has 23 heavy (non-hydrogen) atoms. The van der Waals surface area contributed by atoms with Gasteiger partial charge in [0.2, 0.25) is 11.8 Å². The van der Waals surface area contributed by atoms with Crippen LogP contribution in [0.15, 0.2) is 30.3 Å². The fourth-order valence-corrected chi connectivity index (χ4v) is 2.71. The number of carbonyl (C=O) groups is 2. The second-order valence-electron chi connectivity index (χ2n) is 6.07. The van der Waals surface area contributed by atoms with E-state index in [0.29, 0.717) is 32.6 Å². The van der Waals surface area contributed by atoms with Crippen LogP contribution in [0.3, 0.4) is 0 Å². The van der Waals surface area contributed by atoms with Gasteiger partial charge in [0.05, 0.1) is 12.6 Å². The molecule has 1 aromatic carbocycles. The third-order valence-corrected chi connectivity index (χ3v) is 4.07. The van der Waals surface area contributed by atoms with E-state index in [1.807, 2.05) is 37.2 Å². The monoisotopic (exact) mass is 318 g/mol. The van der Waals surface area contributed by atoms with Crippen LogP contribution in [0.2, 0.25) is 0 Å². The lowest BCUT2D eigenvalue weighted by Crippen LogP contribution is -2.41. The van der Waals surface area contributed by atoms with E-state index in [1.54, 1.807) is 0 Å². The average Bonchev–Trinajstić information content (AvgIpc) is 2.73. The highest BCUT2D eigenvalue weighted by Crippen LogP contribution is 2.16. The van der Waals surface area contributed by atoms with Crippen molar-refractivity contribution in [2.24, 2.45) is 0 Å². The van der Waals surface area contributed by atoms with Gasteiger partial charge < -0.3 is 15.5 Å². The molecule has 0 saturated carbocycles. The Kier molecular flexibility index (Phi) is 6.55. The van der Waals surface area contributed by atoms with Gasteiger partial charge >= 0.3 is 0 Å². The lowest BCUT2D eigenvalue weighted by molar-refractivity contribution is -0.123. The number of hydrogen-bond donors (Lipinski definition) is 2. The van der Waals surface area contributed by atoms with Crippen molar-refractivity contribution < 1.29 is 9.59 Å². The molecule has 1 atom stereocenters. The molecule has 1 heterocycles. The predicted octanol–water partition coefficient (Wildman–Crippen LogP) is 0.227. The summed E-state index contributed by atoms with van der Waals surface area (Å²) in [5, 5.41) is 5.83. The van der Waals surface area contributed by atoms with Crippen LogP contribution in [-0.4, -0.2) is 68.4 Å². The topological polar surface area (TPSA) is 64.7 Å². The maximum Gasteiger partial charge on any atom is 0.234 e. The van der Waals surface area contributed by atoms with Gasteiger partial charge in [-0.2, -0.15) is 0 Å². The summed E-state index contributed by atoms with van der Waals surface area (Å²) >= 11 is 0. The van der Waals surface area contributed by atoms with E-state index in [1.165, 1.54) is 5.56 Å². The van der Waals surface area contributed by atoms with Crippen molar-refractivity contribution >= 4 is 11.8 Å². The van der Waals surface area contributed by atoms with Crippen LogP contribution in [0.1, 0.15) is 18.0 Å². The molecule has 0 radical (unpaired) electrons. The normalized spacial score (nSPS) is 17.4. The highest BCUT2D eigenvalue weighted by Gasteiger charge is 2.18. The van der Waals surface area contributed by atoms with E-state index in [9.17, 15) is 9.59 Å². The Morgan fingerprint density at radius 3 is 2.74 bits per heavy atom. The molecule has 1 aliphatic rings. The smallest absolute Gasteiger partial charge is 0.234 e. The summed E-state index contributed by atoms with van der Waals surface area (Å²) < 4.78 is 0. The maximum atomic E-state index is 12.2. The van der Waals surface area contributed by atoms with E-state index in [0.717, 1.165) is 6.54 Å². The molecule has 1 aromatic rings. The second-order valence-corrected chi connectivity index (χ2v) is 6.07. The zero-order chi connectivity index (χ0) is 16.7. The van der Waals surface area contributed by atoms with E-state index in [2.05, 4.69) is 27.7 Å². The first-order valence-corrected chi connectivity index (χ1v) is 8.03. The van der Waals surface area contributed by atoms with Crippen LogP contribution >= 0.6 is 0 Å². The summed E-state index contributed by atoms with van der Waals surface area (Å²) in [6.07, 6.45) is 0.456. The molecule has 6 nitrogen and oxygen atoms in total. The number of nitrogens with zero attached hydrogens (tertiary/aromatic N) is 2. The second kappa shape index (κ2) is 8.64. The van der Waals surface area contributed by atoms with Gasteiger partial charge in [-0.1, -0.05) is 30.3 Å². The molecule has 126 valence electrons. The summed E-state index contributed by atoms with van der Waals surface area (Å²) in [5.74, 6) is 0.0618. The number of nitrogens with one attached hydrogen (secondary N) is 2. The van der Waals surface area contributed by atoms with Crippen molar-refractivity contribution in [2.75, 3.05) is 46.8 Å². The molecule has 1 saturated heterocycles. The van der Waals surface area contributed by atoms with Crippen LogP contribution in [0.25, 0.3) is 0 Å². The minimum atomic E-state index is 0.00197. The SMILES string of the molecule is CN(C)[C@H](CNC(=O)CN1CCNC(=O)CC1)c1ccccc1. The fraction of sp³-hybridized carbons (Fsp3) is 0.529. The van der Waals surface area contributed by atoms with Crippen molar-refractivity contribution in [1.29, 1.82) is 0 Å². The van der Waals surface area contributed by atoms with Gasteiger partial charge in [0.15, 0.2) is 0 Å². The van der Waals surface area contributed by atoms with Crippen LogP contribution in [0, 0.1) is 0 Å². The molecule has 0 unspecified atom stereocenters. The molecular formula is C17H26N4O2. The molecule has 2 N–H and O–H groups in total. The Labute approximate surface area is 137 Å². The first-order valence-electron chi connectivity index (χ1n) is 8.03. The summed E-state index contributed by atoms with van der Waals surface area (Å²) in [6, 6.07) is 10.3.